The van der Waals surface area contributed by atoms with Crippen molar-refractivity contribution in [2.45, 2.75) is 248 Å². The molecule has 10 aromatic rings. The number of halogens is 1. The number of pyridine rings is 2. The topological polar surface area (TPSA) is 492 Å². The number of hydrogen-bond donors (Lipinski definition) is 5. The van der Waals surface area contributed by atoms with E-state index in [4.69, 9.17) is 28.1 Å². The second kappa shape index (κ2) is 38.0. The number of carbonyl (C=O) groups is 5. The highest BCUT2D eigenvalue weighted by Crippen LogP contribution is 2.37. The Labute approximate surface area is 730 Å². The molecule has 2 aromatic carbocycles. The average Bonchev–Trinajstić information content (AvgIpc) is 1.12. The van der Waals surface area contributed by atoms with Crippen molar-refractivity contribution >= 4 is 130 Å². The molecule has 33 nitrogen and oxygen atoms in total. The molecule has 8 heterocycles. The van der Waals surface area contributed by atoms with E-state index in [1.165, 1.54) is 202 Å². The molecule has 0 spiro atoms. The van der Waals surface area contributed by atoms with Crippen LogP contribution in [0, 0.1) is 17.1 Å². The van der Waals surface area contributed by atoms with E-state index in [0.717, 1.165) is 11.8 Å². The second-order valence-electron chi connectivity index (χ2n) is 35.7. The van der Waals surface area contributed by atoms with Gasteiger partial charge in [0.1, 0.15) is 46.8 Å². The lowest BCUT2D eigenvalue weighted by Gasteiger charge is -2.23. The van der Waals surface area contributed by atoms with E-state index in [-0.39, 0.29) is 80.6 Å². The molecule has 124 heavy (non-hydrogen) atoms. The Kier molecular flexibility index (Phi) is 31.2. The lowest BCUT2D eigenvalue weighted by atomic mass is 9.93. The zero-order chi connectivity index (χ0) is 94.2. The number of amides is 5. The Morgan fingerprint density at radius 2 is 0.710 bits per heavy atom. The van der Waals surface area contributed by atoms with Crippen LogP contribution in [-0.2, 0) is 100 Å². The van der Waals surface area contributed by atoms with Crippen LogP contribution in [-0.4, -0.2) is 138 Å². The normalized spacial score (nSPS) is 12.8. The molecule has 0 atom stereocenters. The molecule has 0 aliphatic carbocycles. The number of nitrogens with one attached hydrogen (secondary N) is 5. The summed E-state index contributed by atoms with van der Waals surface area (Å²) in [6.45, 7) is 42.5. The van der Waals surface area contributed by atoms with Gasteiger partial charge in [-0.2, -0.15) is 16.6 Å². The summed E-state index contributed by atoms with van der Waals surface area (Å²) in [7, 11) is -18.5. The van der Waals surface area contributed by atoms with Crippen LogP contribution in [0.15, 0.2) is 181 Å². The number of sulfone groups is 5. The molecule has 41 heteroatoms. The number of nitrogens with zero attached hydrogens (tertiary/aromatic N) is 8. The van der Waals surface area contributed by atoms with Crippen LogP contribution in [0.3, 0.4) is 0 Å². The van der Waals surface area contributed by atoms with Gasteiger partial charge in [0.25, 0.3) is 0 Å². The van der Waals surface area contributed by atoms with Gasteiger partial charge in [0.2, 0.25) is 29.5 Å². The monoisotopic (exact) mass is 1850 g/mol. The summed E-state index contributed by atoms with van der Waals surface area (Å²) < 4.78 is 158. The van der Waals surface area contributed by atoms with Crippen LogP contribution >= 0.6 is 22.7 Å². The van der Waals surface area contributed by atoms with Gasteiger partial charge in [0.15, 0.2) is 89.2 Å². The maximum atomic E-state index is 13.9. The van der Waals surface area contributed by atoms with Crippen molar-refractivity contribution in [1.82, 2.24) is 35.6 Å². The molecule has 8 aromatic heterocycles. The van der Waals surface area contributed by atoms with Crippen molar-refractivity contribution in [3.63, 3.8) is 0 Å². The molecule has 672 valence electrons. The summed E-state index contributed by atoms with van der Waals surface area (Å²) in [6, 6.07) is 24.2. The molecule has 0 bridgehead atoms. The fraction of sp³-hybridized carbons (Fsp3) is 0.434. The Balaban J connectivity index is 0.000000240. The highest BCUT2D eigenvalue weighted by Gasteiger charge is 2.49. The van der Waals surface area contributed by atoms with E-state index in [2.05, 4.69) is 62.2 Å². The maximum absolute atomic E-state index is 13.9. The van der Waals surface area contributed by atoms with Gasteiger partial charge in [-0.15, -0.1) is 11.3 Å². The lowest BCUT2D eigenvalue weighted by molar-refractivity contribution is -0.118. The number of hydrogen-bond acceptors (Lipinski definition) is 30. The van der Waals surface area contributed by atoms with E-state index in [9.17, 15) is 70.5 Å². The first-order valence-corrected chi connectivity index (χ1v) is 47.1. The molecule has 0 saturated heterocycles. The highest BCUT2D eigenvalue weighted by molar-refractivity contribution is 7.95. The van der Waals surface area contributed by atoms with E-state index < -0.39 is 108 Å². The molecule has 10 rings (SSSR count). The van der Waals surface area contributed by atoms with Gasteiger partial charge in [-0.25, -0.2) is 51.5 Å². The van der Waals surface area contributed by atoms with Crippen LogP contribution in [0.4, 0.5) is 32.8 Å². The minimum Gasteiger partial charge on any atom is -0.494 e. The molecular formula is C83H106FN13O20S7. The Morgan fingerprint density at radius 3 is 0.976 bits per heavy atom. The number of nitriles is 1. The first kappa shape index (κ1) is 102. The van der Waals surface area contributed by atoms with Gasteiger partial charge in [0.05, 0.1) is 48.9 Å². The number of benzene rings is 2. The average molecular weight is 1850 g/mol. The number of thiazole rings is 1. The molecule has 0 saturated carbocycles. The van der Waals surface area contributed by atoms with E-state index in [1.54, 1.807) is 23.6 Å². The van der Waals surface area contributed by atoms with Crippen molar-refractivity contribution in [2.24, 2.45) is 0 Å². The second-order valence-corrected chi connectivity index (χ2v) is 49.8. The first-order valence-electron chi connectivity index (χ1n) is 37.9. The van der Waals surface area contributed by atoms with Gasteiger partial charge in [-0.05, 0) is 147 Å². The zero-order valence-corrected chi connectivity index (χ0v) is 79.5. The lowest BCUT2D eigenvalue weighted by Crippen LogP contribution is -2.44. The number of thiophene rings is 1. The van der Waals surface area contributed by atoms with Crippen LogP contribution in [0.25, 0.3) is 0 Å². The highest BCUT2D eigenvalue weighted by atomic mass is 32.2. The Bertz CT molecular complexity index is 5970. The van der Waals surface area contributed by atoms with Crippen LogP contribution in [0.2, 0.25) is 0 Å². The summed E-state index contributed by atoms with van der Waals surface area (Å²) >= 11 is 2.54. The van der Waals surface area contributed by atoms with Crippen molar-refractivity contribution in [3.05, 3.63) is 178 Å². The Morgan fingerprint density at radius 1 is 0.395 bits per heavy atom. The minimum atomic E-state index is -4.19. The molecule has 5 N–H and O–H groups in total. The van der Waals surface area contributed by atoms with Gasteiger partial charge in [-0.3, -0.25) is 33.9 Å². The number of aromatic nitrogens is 7. The molecule has 0 fully saturated rings. The third kappa shape index (κ3) is 23.6. The first-order chi connectivity index (χ1) is 56.6. The van der Waals surface area contributed by atoms with Crippen molar-refractivity contribution in [2.75, 3.05) is 33.7 Å². The summed E-state index contributed by atoms with van der Waals surface area (Å²) in [5.74, 6) is -1.49. The molecular weight excluding hydrogens is 1740 g/mol. The standard InChI is InChI=1S/C18H23FN2O5S.C18H21N3O4S.C16H21N3O4S.C16H21N3O3S2.C15H20N2O4S2/c1-17(2,3)14-10-15(21-26-14)20-16(22)18(4,5)27(23,24)11-7-8-13(25-6)12(19)9-11;1-17(2,3)14-10-15(21-25-14)20-16(22)18(4,5)26(23,24)13-8-6-12(11-19)7-9-13;1-15(2,3)12-9-13(19-23-12)18-14(20)16(4,5)24(21,22)11-7-6-8-17-10-11;1-15(2,3)12-10-23-14(18-12)19-13(20)16(4,5)24(21,22)11-7-6-8-17-9-11;1-14(2,3)11-8-12(17-21-11)16-13(18)15(4,5)23(19,20)10-6-7-22-9-10/h7-10H,1-6H3,(H,20,21,22);6-10H,1-5H3,(H,20,21,22);2*6-10H,1-5H3,(H,18,19,20);6-9H,1-5H3,(H,16,17,18). The van der Waals surface area contributed by atoms with Gasteiger partial charge >= 0.3 is 0 Å². The van der Waals surface area contributed by atoms with E-state index in [0.29, 0.717) is 33.7 Å². The van der Waals surface area contributed by atoms with Crippen molar-refractivity contribution in [3.8, 4) is 11.8 Å². The third-order valence-corrected chi connectivity index (χ3v) is 32.6. The fourth-order valence-corrected chi connectivity index (χ4v) is 18.6. The molecule has 0 unspecified atom stereocenters. The van der Waals surface area contributed by atoms with Crippen LogP contribution < -0.4 is 31.3 Å². The third-order valence-electron chi connectivity index (χ3n) is 19.0. The molecule has 0 aliphatic heterocycles. The number of anilines is 5. The van der Waals surface area contributed by atoms with Gasteiger partial charge in [0, 0.05) is 86.9 Å². The summed E-state index contributed by atoms with van der Waals surface area (Å²) in [4.78, 5) is 74.6. The predicted molar refractivity (Wildman–Crippen MR) is 468 cm³/mol. The van der Waals surface area contributed by atoms with Crippen LogP contribution in [0.1, 0.15) is 207 Å². The zero-order valence-electron chi connectivity index (χ0n) is 73.8. The van der Waals surface area contributed by atoms with Gasteiger partial charge in [-0.1, -0.05) is 124 Å². The minimum absolute atomic E-state index is 0.0133. The van der Waals surface area contributed by atoms with Crippen molar-refractivity contribution < 1.29 is 93.3 Å². The molecule has 0 radical (unpaired) electrons. The number of methoxy groups -OCH3 is 1. The predicted octanol–water partition coefficient (Wildman–Crippen LogP) is 15.2. The summed E-state index contributed by atoms with van der Waals surface area (Å²) in [6.07, 6.45) is 5.41. The summed E-state index contributed by atoms with van der Waals surface area (Å²) in [5.41, 5.74) is -0.101. The van der Waals surface area contributed by atoms with E-state index in [1.807, 2.05) is 115 Å². The van der Waals surface area contributed by atoms with Gasteiger partial charge < -0.3 is 49.4 Å². The quantitative estimate of drug-likeness (QED) is 0.0446. The van der Waals surface area contributed by atoms with Crippen molar-refractivity contribution in [1.29, 1.82) is 5.26 Å². The van der Waals surface area contributed by atoms with E-state index >= 15 is 0 Å². The fourth-order valence-electron chi connectivity index (χ4n) is 9.76. The Hall–Kier alpha value is -10.8. The maximum Gasteiger partial charge on any atom is 0.247 e. The smallest absolute Gasteiger partial charge is 0.247 e. The number of ether oxygens (including phenoxy) is 1. The number of rotatable bonds is 21. The largest absolute Gasteiger partial charge is 0.494 e. The molecule has 5 amide bonds. The van der Waals surface area contributed by atoms with Crippen LogP contribution in [0.5, 0.6) is 5.75 Å². The molecule has 0 aliphatic rings. The summed E-state index contributed by atoms with van der Waals surface area (Å²) in [5, 5.41) is 41.9. The SMILES string of the molecule is CC(C)(C)c1cc(NC(=O)C(C)(C)S(=O)(=O)c2ccc(C#N)cc2)no1.CC(C)(C)c1cc(NC(=O)C(C)(C)S(=O)(=O)c2cccnc2)no1.CC(C)(C)c1cc(NC(=O)C(C)(C)S(=O)(=O)c2ccsc2)no1.CC(C)(C)c1csc(NC(=O)C(C)(C)S(=O)(=O)c2cccnc2)n1.COc1ccc(S(=O)(=O)C(C)(C)C(=O)Nc2cc(C(C)(C)C)on2)cc1F. The number of carbonyl (C=O) groups excluding carboxylic acids is 5.